The summed E-state index contributed by atoms with van der Waals surface area (Å²) in [7, 11) is 0. The Morgan fingerprint density at radius 2 is 1.67 bits per heavy atom. The Balaban J connectivity index is 2.27. The summed E-state index contributed by atoms with van der Waals surface area (Å²) in [5.41, 5.74) is 1.20. The fourth-order valence-corrected chi connectivity index (χ4v) is 2.12. The molecule has 0 amide bonds. The van der Waals surface area contributed by atoms with E-state index in [4.69, 9.17) is 9.84 Å². The molecule has 110 valence electrons. The van der Waals surface area contributed by atoms with Crippen LogP contribution in [0.1, 0.15) is 27.0 Å². The minimum atomic E-state index is -1.03. The van der Waals surface area contributed by atoms with Crippen LogP contribution in [-0.4, -0.2) is 11.1 Å². The van der Waals surface area contributed by atoms with Gasteiger partial charge >= 0.3 is 5.97 Å². The number of hydrogen-bond donors (Lipinski definition) is 1. The maximum Gasteiger partial charge on any atom is 0.335 e. The number of hydrogen-bond acceptors (Lipinski definition) is 2. The number of carboxylic acids is 1. The van der Waals surface area contributed by atoms with E-state index in [-0.39, 0.29) is 17.7 Å². The molecule has 21 heavy (non-hydrogen) atoms. The lowest BCUT2D eigenvalue weighted by Gasteiger charge is -2.14. The Bertz CT molecular complexity index is 653. The number of aryl methyl sites for hydroxylation is 2. The highest BCUT2D eigenvalue weighted by molar-refractivity contribution is 5.88. The summed E-state index contributed by atoms with van der Waals surface area (Å²) in [4.78, 5) is 10.9. The molecule has 1 N–H and O–H groups in total. The quantitative estimate of drug-likeness (QED) is 0.930. The van der Waals surface area contributed by atoms with Crippen LogP contribution in [0.2, 0.25) is 0 Å². The molecule has 2 aromatic carbocycles. The first-order valence-electron chi connectivity index (χ1n) is 6.30. The number of halogens is 2. The van der Waals surface area contributed by atoms with Crippen LogP contribution in [0.25, 0.3) is 0 Å². The Morgan fingerprint density at radius 1 is 1.14 bits per heavy atom. The molecule has 0 heterocycles. The van der Waals surface area contributed by atoms with Crippen LogP contribution in [0.5, 0.6) is 5.75 Å². The first kappa shape index (κ1) is 15.0. The number of ether oxygens (including phenoxy) is 1. The fraction of sp³-hybridized carbons (Fsp3) is 0.188. The zero-order valence-electron chi connectivity index (χ0n) is 11.6. The summed E-state index contributed by atoms with van der Waals surface area (Å²) in [5.74, 6) is -1.95. The predicted octanol–water partition coefficient (Wildman–Crippen LogP) is 3.86. The monoisotopic (exact) mass is 292 g/mol. The highest BCUT2D eigenvalue weighted by atomic mass is 19.1. The third kappa shape index (κ3) is 3.18. The van der Waals surface area contributed by atoms with E-state index in [2.05, 4.69) is 0 Å². The molecule has 0 spiro atoms. The van der Waals surface area contributed by atoms with Gasteiger partial charge in [-0.05, 0) is 49.2 Å². The van der Waals surface area contributed by atoms with E-state index < -0.39 is 17.6 Å². The van der Waals surface area contributed by atoms with E-state index in [0.717, 1.165) is 12.1 Å². The van der Waals surface area contributed by atoms with E-state index in [1.807, 2.05) is 0 Å². The lowest BCUT2D eigenvalue weighted by Crippen LogP contribution is -2.05. The molecule has 0 aliphatic heterocycles. The summed E-state index contributed by atoms with van der Waals surface area (Å²) < 4.78 is 32.5. The van der Waals surface area contributed by atoms with Gasteiger partial charge in [0, 0.05) is 0 Å². The zero-order valence-corrected chi connectivity index (χ0v) is 11.6. The van der Waals surface area contributed by atoms with Gasteiger partial charge in [0.2, 0.25) is 0 Å². The zero-order chi connectivity index (χ0) is 15.6. The molecule has 0 unspecified atom stereocenters. The van der Waals surface area contributed by atoms with Crippen LogP contribution in [-0.2, 0) is 6.61 Å². The van der Waals surface area contributed by atoms with Crippen molar-refractivity contribution in [3.8, 4) is 5.75 Å². The molecule has 0 saturated heterocycles. The maximum absolute atomic E-state index is 13.5. The van der Waals surface area contributed by atoms with Crippen LogP contribution in [0, 0.1) is 25.5 Å². The van der Waals surface area contributed by atoms with Crippen molar-refractivity contribution in [3.05, 3.63) is 64.2 Å². The molecule has 0 fully saturated rings. The highest BCUT2D eigenvalue weighted by Crippen LogP contribution is 2.26. The van der Waals surface area contributed by atoms with E-state index in [0.29, 0.717) is 16.9 Å². The van der Waals surface area contributed by atoms with Crippen molar-refractivity contribution in [2.24, 2.45) is 0 Å². The average molecular weight is 292 g/mol. The SMILES string of the molecule is Cc1cc(C(=O)O)cc(C)c1OCc1c(F)cccc1F. The topological polar surface area (TPSA) is 46.5 Å². The van der Waals surface area contributed by atoms with Crippen LogP contribution in [0.3, 0.4) is 0 Å². The maximum atomic E-state index is 13.5. The molecule has 0 bridgehead atoms. The molecular weight excluding hydrogens is 278 g/mol. The molecular formula is C16H14F2O3. The van der Waals surface area contributed by atoms with Gasteiger partial charge in [0.1, 0.15) is 24.0 Å². The second kappa shape index (κ2) is 5.91. The van der Waals surface area contributed by atoms with Gasteiger partial charge in [0.15, 0.2) is 0 Å². The van der Waals surface area contributed by atoms with Gasteiger partial charge in [-0.2, -0.15) is 0 Å². The molecule has 0 radical (unpaired) electrons. The smallest absolute Gasteiger partial charge is 0.335 e. The van der Waals surface area contributed by atoms with Crippen LogP contribution in [0.15, 0.2) is 30.3 Å². The minimum Gasteiger partial charge on any atom is -0.488 e. The van der Waals surface area contributed by atoms with E-state index in [1.165, 1.54) is 18.2 Å². The van der Waals surface area contributed by atoms with Crippen LogP contribution >= 0.6 is 0 Å². The molecule has 0 saturated carbocycles. The fourth-order valence-electron chi connectivity index (χ4n) is 2.12. The van der Waals surface area contributed by atoms with Gasteiger partial charge in [-0.25, -0.2) is 13.6 Å². The Kier molecular flexibility index (Phi) is 4.21. The predicted molar refractivity (Wildman–Crippen MR) is 73.6 cm³/mol. The number of aromatic carboxylic acids is 1. The van der Waals surface area contributed by atoms with Crippen molar-refractivity contribution in [3.63, 3.8) is 0 Å². The summed E-state index contributed by atoms with van der Waals surface area (Å²) in [5, 5.41) is 8.97. The lowest BCUT2D eigenvalue weighted by molar-refractivity contribution is 0.0696. The second-order valence-corrected chi connectivity index (χ2v) is 4.73. The molecule has 0 aromatic heterocycles. The van der Waals surface area contributed by atoms with E-state index >= 15 is 0 Å². The molecule has 5 heteroatoms. The number of rotatable bonds is 4. The third-order valence-electron chi connectivity index (χ3n) is 3.13. The molecule has 0 aliphatic carbocycles. The lowest BCUT2D eigenvalue weighted by atomic mass is 10.1. The largest absolute Gasteiger partial charge is 0.488 e. The standard InChI is InChI=1S/C16H14F2O3/c1-9-6-11(16(19)20)7-10(2)15(9)21-8-12-13(17)4-3-5-14(12)18/h3-7H,8H2,1-2H3,(H,19,20). The molecule has 0 atom stereocenters. The summed E-state index contributed by atoms with van der Waals surface area (Å²) in [6, 6.07) is 6.53. The Labute approximate surface area is 120 Å². The van der Waals surface area contributed by atoms with Crippen molar-refractivity contribution in [1.82, 2.24) is 0 Å². The normalized spacial score (nSPS) is 10.5. The van der Waals surface area contributed by atoms with Gasteiger partial charge in [-0.1, -0.05) is 6.07 Å². The van der Waals surface area contributed by atoms with E-state index in [1.54, 1.807) is 13.8 Å². The Hall–Kier alpha value is -2.43. The number of carbonyl (C=O) groups is 1. The third-order valence-corrected chi connectivity index (χ3v) is 3.13. The van der Waals surface area contributed by atoms with Crippen molar-refractivity contribution in [2.75, 3.05) is 0 Å². The first-order chi connectivity index (χ1) is 9.90. The summed E-state index contributed by atoms with van der Waals surface area (Å²) in [6.45, 7) is 3.12. The van der Waals surface area contributed by atoms with Crippen molar-refractivity contribution >= 4 is 5.97 Å². The average Bonchev–Trinajstić information content (AvgIpc) is 2.40. The summed E-state index contributed by atoms with van der Waals surface area (Å²) in [6.07, 6.45) is 0. The molecule has 2 aromatic rings. The number of carboxylic acid groups (broad SMARTS) is 1. The van der Waals surface area contributed by atoms with Gasteiger partial charge in [0.05, 0.1) is 11.1 Å². The van der Waals surface area contributed by atoms with E-state index in [9.17, 15) is 13.6 Å². The van der Waals surface area contributed by atoms with Crippen molar-refractivity contribution in [2.45, 2.75) is 20.5 Å². The molecule has 2 rings (SSSR count). The second-order valence-electron chi connectivity index (χ2n) is 4.73. The van der Waals surface area contributed by atoms with Gasteiger partial charge < -0.3 is 9.84 Å². The molecule has 3 nitrogen and oxygen atoms in total. The van der Waals surface area contributed by atoms with Crippen LogP contribution in [0.4, 0.5) is 8.78 Å². The van der Waals surface area contributed by atoms with Gasteiger partial charge in [-0.15, -0.1) is 0 Å². The van der Waals surface area contributed by atoms with Gasteiger partial charge in [0.25, 0.3) is 0 Å². The first-order valence-corrected chi connectivity index (χ1v) is 6.30. The number of benzene rings is 2. The van der Waals surface area contributed by atoms with Gasteiger partial charge in [-0.3, -0.25) is 0 Å². The highest BCUT2D eigenvalue weighted by Gasteiger charge is 2.13. The summed E-state index contributed by atoms with van der Waals surface area (Å²) >= 11 is 0. The Morgan fingerprint density at radius 3 is 2.14 bits per heavy atom. The van der Waals surface area contributed by atoms with Crippen LogP contribution < -0.4 is 4.74 Å². The van der Waals surface area contributed by atoms with Crippen molar-refractivity contribution in [1.29, 1.82) is 0 Å². The molecule has 0 aliphatic rings. The minimum absolute atomic E-state index is 0.148. The van der Waals surface area contributed by atoms with Crippen molar-refractivity contribution < 1.29 is 23.4 Å².